The number of ketones is 1. The third kappa shape index (κ3) is 2.17. The van der Waals surface area contributed by atoms with Gasteiger partial charge >= 0.3 is 0 Å². The van der Waals surface area contributed by atoms with Crippen LogP contribution in [0.2, 0.25) is 0 Å². The normalized spacial score (nSPS) is 11.8. The largest absolute Gasteiger partial charge is 0.293 e. The van der Waals surface area contributed by atoms with E-state index in [1.807, 2.05) is 6.92 Å². The summed E-state index contributed by atoms with van der Waals surface area (Å²) < 4.78 is 0.00310. The number of aryl methyl sites for hydroxylation is 1. The van der Waals surface area contributed by atoms with Crippen molar-refractivity contribution in [3.63, 3.8) is 0 Å². The maximum atomic E-state index is 11.2. The quantitative estimate of drug-likeness (QED) is 0.745. The predicted octanol–water partition coefficient (Wildman–Crippen LogP) is 3.25. The molecule has 0 aromatic carbocycles. The van der Waals surface area contributed by atoms with Crippen LogP contribution >= 0.6 is 23.1 Å². The van der Waals surface area contributed by atoms with Crippen LogP contribution in [-0.2, 0) is 4.75 Å². The molecule has 0 saturated heterocycles. The van der Waals surface area contributed by atoms with Gasteiger partial charge in [0.15, 0.2) is 5.78 Å². The summed E-state index contributed by atoms with van der Waals surface area (Å²) in [5.74, 6) is 0.0573. The van der Waals surface area contributed by atoms with Crippen LogP contribution in [0.5, 0.6) is 0 Å². The molecule has 0 amide bonds. The van der Waals surface area contributed by atoms with Crippen molar-refractivity contribution in [1.82, 2.24) is 4.98 Å². The zero-order valence-electron chi connectivity index (χ0n) is 9.17. The SMILES string of the molecule is CSC(C)(C)c1nc(C(C)=O)c(C)s1. The maximum Gasteiger partial charge on any atom is 0.179 e. The highest BCUT2D eigenvalue weighted by atomic mass is 32.2. The molecule has 4 heteroatoms. The number of carbonyl (C=O) groups is 1. The summed E-state index contributed by atoms with van der Waals surface area (Å²) in [5, 5.41) is 1.03. The van der Waals surface area contributed by atoms with E-state index in [0.29, 0.717) is 5.69 Å². The molecule has 1 rings (SSSR count). The first-order chi connectivity index (χ1) is 6.38. The topological polar surface area (TPSA) is 30.0 Å². The van der Waals surface area contributed by atoms with Crippen molar-refractivity contribution in [2.24, 2.45) is 0 Å². The first kappa shape index (κ1) is 11.7. The number of nitrogens with zero attached hydrogens (tertiary/aromatic N) is 1. The van der Waals surface area contributed by atoms with E-state index in [9.17, 15) is 4.79 Å². The number of rotatable bonds is 3. The second kappa shape index (κ2) is 4.03. The molecular formula is C10H15NOS2. The van der Waals surface area contributed by atoms with Crippen molar-refractivity contribution in [2.75, 3.05) is 6.26 Å². The van der Waals surface area contributed by atoms with Gasteiger partial charge in [-0.2, -0.15) is 11.8 Å². The van der Waals surface area contributed by atoms with E-state index in [1.165, 1.54) is 0 Å². The van der Waals surface area contributed by atoms with E-state index in [-0.39, 0.29) is 10.5 Å². The molecule has 0 N–H and O–H groups in total. The Bertz CT molecular complexity index is 355. The fourth-order valence-corrected chi connectivity index (χ4v) is 2.62. The first-order valence-corrected chi connectivity index (χ1v) is 6.46. The second-order valence-electron chi connectivity index (χ2n) is 3.69. The summed E-state index contributed by atoms with van der Waals surface area (Å²) in [6.45, 7) is 7.77. The Morgan fingerprint density at radius 2 is 2.07 bits per heavy atom. The Hall–Kier alpha value is -0.350. The molecule has 0 atom stereocenters. The lowest BCUT2D eigenvalue weighted by Crippen LogP contribution is -2.11. The monoisotopic (exact) mass is 229 g/mol. The van der Waals surface area contributed by atoms with Gasteiger partial charge in [0.1, 0.15) is 10.7 Å². The second-order valence-corrected chi connectivity index (χ2v) is 6.33. The summed E-state index contributed by atoms with van der Waals surface area (Å²) in [4.78, 5) is 16.7. The summed E-state index contributed by atoms with van der Waals surface area (Å²) in [7, 11) is 0. The Balaban J connectivity index is 3.15. The van der Waals surface area contributed by atoms with E-state index in [1.54, 1.807) is 30.0 Å². The van der Waals surface area contributed by atoms with Gasteiger partial charge in [0.25, 0.3) is 0 Å². The van der Waals surface area contributed by atoms with Crippen LogP contribution in [0.15, 0.2) is 0 Å². The molecule has 0 saturated carbocycles. The van der Waals surface area contributed by atoms with E-state index in [2.05, 4.69) is 25.1 Å². The van der Waals surface area contributed by atoms with Gasteiger partial charge in [-0.15, -0.1) is 11.3 Å². The van der Waals surface area contributed by atoms with Gasteiger partial charge in [0.2, 0.25) is 0 Å². The van der Waals surface area contributed by atoms with Gasteiger partial charge in [0.05, 0.1) is 4.75 Å². The highest BCUT2D eigenvalue weighted by molar-refractivity contribution is 7.99. The molecule has 1 aromatic rings. The third-order valence-corrected chi connectivity index (χ3v) is 4.79. The van der Waals surface area contributed by atoms with Gasteiger partial charge in [-0.05, 0) is 27.0 Å². The molecule has 0 spiro atoms. The average molecular weight is 229 g/mol. The Morgan fingerprint density at radius 3 is 2.43 bits per heavy atom. The van der Waals surface area contributed by atoms with Crippen LogP contribution in [0.25, 0.3) is 0 Å². The number of aromatic nitrogens is 1. The summed E-state index contributed by atoms with van der Waals surface area (Å²) in [6.07, 6.45) is 2.06. The van der Waals surface area contributed by atoms with E-state index in [4.69, 9.17) is 0 Å². The Labute approximate surface area is 93.1 Å². The van der Waals surface area contributed by atoms with Gasteiger partial charge in [-0.1, -0.05) is 0 Å². The minimum atomic E-state index is 0.00310. The molecule has 0 aliphatic heterocycles. The van der Waals surface area contributed by atoms with Crippen LogP contribution in [0, 0.1) is 6.92 Å². The molecule has 0 aliphatic carbocycles. The standard InChI is InChI=1S/C10H15NOS2/c1-6(12)8-7(2)14-9(11-8)10(3,4)13-5/h1-5H3. The first-order valence-electron chi connectivity index (χ1n) is 4.42. The van der Waals surface area contributed by atoms with Gasteiger partial charge in [0, 0.05) is 11.8 Å². The lowest BCUT2D eigenvalue weighted by molar-refractivity contribution is 0.101. The van der Waals surface area contributed by atoms with Crippen LogP contribution in [0.3, 0.4) is 0 Å². The smallest absolute Gasteiger partial charge is 0.179 e. The molecular weight excluding hydrogens is 214 g/mol. The van der Waals surface area contributed by atoms with Crippen LogP contribution in [0.1, 0.15) is 41.1 Å². The fourth-order valence-electron chi connectivity index (χ4n) is 1.07. The maximum absolute atomic E-state index is 11.2. The Kier molecular flexibility index (Phi) is 3.37. The number of hydrogen-bond donors (Lipinski definition) is 0. The zero-order chi connectivity index (χ0) is 10.9. The molecule has 0 unspecified atom stereocenters. The van der Waals surface area contributed by atoms with Crippen LogP contribution in [-0.4, -0.2) is 17.0 Å². The van der Waals surface area contributed by atoms with Crippen molar-refractivity contribution in [3.05, 3.63) is 15.6 Å². The molecule has 14 heavy (non-hydrogen) atoms. The molecule has 78 valence electrons. The van der Waals surface area contributed by atoms with Crippen LogP contribution in [0.4, 0.5) is 0 Å². The minimum absolute atomic E-state index is 0.00310. The van der Waals surface area contributed by atoms with Gasteiger partial charge < -0.3 is 0 Å². The minimum Gasteiger partial charge on any atom is -0.293 e. The molecule has 0 bridgehead atoms. The van der Waals surface area contributed by atoms with Crippen LogP contribution < -0.4 is 0 Å². The van der Waals surface area contributed by atoms with E-state index < -0.39 is 0 Å². The summed E-state index contributed by atoms with van der Waals surface area (Å²) in [6, 6.07) is 0. The number of Topliss-reactive ketones (excluding diaryl/α,β-unsaturated/α-hetero) is 1. The number of hydrogen-bond acceptors (Lipinski definition) is 4. The molecule has 0 aliphatic rings. The molecule has 1 aromatic heterocycles. The highest BCUT2D eigenvalue weighted by Crippen LogP contribution is 2.37. The van der Waals surface area contributed by atoms with Crippen molar-refractivity contribution < 1.29 is 4.79 Å². The lowest BCUT2D eigenvalue weighted by atomic mass is 10.2. The molecule has 0 fully saturated rings. The number of thioether (sulfide) groups is 1. The van der Waals surface area contributed by atoms with Crippen molar-refractivity contribution >= 4 is 28.9 Å². The summed E-state index contributed by atoms with van der Waals surface area (Å²) >= 11 is 3.37. The number of carbonyl (C=O) groups excluding carboxylic acids is 1. The fraction of sp³-hybridized carbons (Fsp3) is 0.600. The molecule has 0 radical (unpaired) electrons. The van der Waals surface area contributed by atoms with Gasteiger partial charge in [-0.3, -0.25) is 4.79 Å². The van der Waals surface area contributed by atoms with Crippen molar-refractivity contribution in [1.29, 1.82) is 0 Å². The molecule has 1 heterocycles. The van der Waals surface area contributed by atoms with Gasteiger partial charge in [-0.25, -0.2) is 4.98 Å². The highest BCUT2D eigenvalue weighted by Gasteiger charge is 2.25. The number of thiazole rings is 1. The lowest BCUT2D eigenvalue weighted by Gasteiger charge is -2.18. The summed E-state index contributed by atoms with van der Waals surface area (Å²) in [5.41, 5.74) is 0.632. The Morgan fingerprint density at radius 1 is 1.50 bits per heavy atom. The van der Waals surface area contributed by atoms with E-state index >= 15 is 0 Å². The zero-order valence-corrected chi connectivity index (χ0v) is 10.8. The van der Waals surface area contributed by atoms with Crippen molar-refractivity contribution in [3.8, 4) is 0 Å². The predicted molar refractivity (Wildman–Crippen MR) is 63.4 cm³/mol. The average Bonchev–Trinajstić information content (AvgIpc) is 2.48. The third-order valence-electron chi connectivity index (χ3n) is 2.16. The molecule has 2 nitrogen and oxygen atoms in total. The van der Waals surface area contributed by atoms with Crippen molar-refractivity contribution in [2.45, 2.75) is 32.4 Å². The van der Waals surface area contributed by atoms with E-state index in [0.717, 1.165) is 9.88 Å².